The lowest BCUT2D eigenvalue weighted by molar-refractivity contribution is 0.241. The second-order valence-electron chi connectivity index (χ2n) is 5.09. The summed E-state index contributed by atoms with van der Waals surface area (Å²) in [4.78, 5) is 2.39. The third-order valence-electron chi connectivity index (χ3n) is 3.75. The van der Waals surface area contributed by atoms with Gasteiger partial charge in [-0.05, 0) is 43.5 Å². The van der Waals surface area contributed by atoms with Crippen LogP contribution in [-0.2, 0) is 13.0 Å². The molecular formula is C14H15ClFN3S. The third kappa shape index (κ3) is 3.16. The SMILES string of the molecule is Fc1ccc(CC2CCCN2Cc2nnsc2Cl)cc1. The maximum Gasteiger partial charge on any atom is 0.138 e. The quantitative estimate of drug-likeness (QED) is 0.865. The van der Waals surface area contributed by atoms with Crippen molar-refractivity contribution in [2.24, 2.45) is 0 Å². The second-order valence-corrected chi connectivity index (χ2v) is 6.45. The molecule has 2 heterocycles. The topological polar surface area (TPSA) is 29.0 Å². The van der Waals surface area contributed by atoms with Crippen LogP contribution in [0.1, 0.15) is 24.1 Å². The van der Waals surface area contributed by atoms with Crippen LogP contribution in [0.2, 0.25) is 4.34 Å². The van der Waals surface area contributed by atoms with Gasteiger partial charge in [0.2, 0.25) is 0 Å². The van der Waals surface area contributed by atoms with Crippen LogP contribution >= 0.6 is 23.1 Å². The molecule has 2 aromatic rings. The summed E-state index contributed by atoms with van der Waals surface area (Å²) in [7, 11) is 0. The van der Waals surface area contributed by atoms with Gasteiger partial charge in [-0.3, -0.25) is 4.90 Å². The normalized spacial score (nSPS) is 19.6. The van der Waals surface area contributed by atoms with Crippen LogP contribution in [0.3, 0.4) is 0 Å². The van der Waals surface area contributed by atoms with Crippen molar-refractivity contribution in [1.82, 2.24) is 14.5 Å². The van der Waals surface area contributed by atoms with Crippen molar-refractivity contribution in [3.05, 3.63) is 45.7 Å². The van der Waals surface area contributed by atoms with E-state index < -0.39 is 0 Å². The van der Waals surface area contributed by atoms with Crippen LogP contribution in [0.4, 0.5) is 4.39 Å². The van der Waals surface area contributed by atoms with Crippen molar-refractivity contribution >= 4 is 23.1 Å². The number of nitrogens with zero attached hydrogens (tertiary/aromatic N) is 3. The largest absolute Gasteiger partial charge is 0.294 e. The molecule has 1 atom stereocenters. The Balaban J connectivity index is 1.66. The van der Waals surface area contributed by atoms with Gasteiger partial charge in [-0.2, -0.15) is 0 Å². The minimum Gasteiger partial charge on any atom is -0.294 e. The summed E-state index contributed by atoms with van der Waals surface area (Å²) in [6.45, 7) is 1.81. The molecule has 0 N–H and O–H groups in total. The highest BCUT2D eigenvalue weighted by molar-refractivity contribution is 7.10. The van der Waals surface area contributed by atoms with E-state index in [0.29, 0.717) is 10.4 Å². The summed E-state index contributed by atoms with van der Waals surface area (Å²) in [5, 5.41) is 4.08. The van der Waals surface area contributed by atoms with Crippen LogP contribution in [-0.4, -0.2) is 27.1 Å². The monoisotopic (exact) mass is 311 g/mol. The van der Waals surface area contributed by atoms with Crippen molar-refractivity contribution in [3.63, 3.8) is 0 Å². The molecule has 0 radical (unpaired) electrons. The molecule has 0 bridgehead atoms. The molecule has 3 rings (SSSR count). The van der Waals surface area contributed by atoms with E-state index in [2.05, 4.69) is 14.5 Å². The maximum atomic E-state index is 12.9. The number of hydrogen-bond donors (Lipinski definition) is 0. The van der Waals surface area contributed by atoms with Crippen molar-refractivity contribution in [1.29, 1.82) is 0 Å². The standard InChI is InChI=1S/C14H15ClFN3S/c15-14-13(17-18-20-14)9-19-7-1-2-12(19)8-10-3-5-11(16)6-4-10/h3-6,12H,1-2,7-9H2. The van der Waals surface area contributed by atoms with Gasteiger partial charge in [0.15, 0.2) is 0 Å². The minimum atomic E-state index is -0.183. The fourth-order valence-corrected chi connectivity index (χ4v) is 3.32. The van der Waals surface area contributed by atoms with Crippen molar-refractivity contribution in [2.75, 3.05) is 6.54 Å². The van der Waals surface area contributed by atoms with E-state index in [9.17, 15) is 4.39 Å². The van der Waals surface area contributed by atoms with Gasteiger partial charge in [0.05, 0.1) is 0 Å². The minimum absolute atomic E-state index is 0.183. The second kappa shape index (κ2) is 6.16. The van der Waals surface area contributed by atoms with Crippen LogP contribution in [0.15, 0.2) is 24.3 Å². The fraction of sp³-hybridized carbons (Fsp3) is 0.429. The van der Waals surface area contributed by atoms with Crippen molar-refractivity contribution in [3.8, 4) is 0 Å². The average Bonchev–Trinajstić information content (AvgIpc) is 3.04. The molecule has 1 aliphatic rings. The molecule has 6 heteroatoms. The molecule has 20 heavy (non-hydrogen) atoms. The highest BCUT2D eigenvalue weighted by atomic mass is 35.5. The maximum absolute atomic E-state index is 12.9. The van der Waals surface area contributed by atoms with E-state index in [1.807, 2.05) is 12.1 Å². The summed E-state index contributed by atoms with van der Waals surface area (Å²) < 4.78 is 17.5. The molecule has 1 aromatic heterocycles. The first-order valence-electron chi connectivity index (χ1n) is 6.67. The highest BCUT2D eigenvalue weighted by Gasteiger charge is 2.26. The van der Waals surface area contributed by atoms with Gasteiger partial charge < -0.3 is 0 Å². The van der Waals surface area contributed by atoms with E-state index in [1.165, 1.54) is 35.6 Å². The zero-order valence-electron chi connectivity index (χ0n) is 10.9. The first-order chi connectivity index (χ1) is 9.72. The van der Waals surface area contributed by atoms with Gasteiger partial charge in [-0.1, -0.05) is 28.2 Å². The Morgan fingerprint density at radius 2 is 2.15 bits per heavy atom. The molecule has 0 saturated carbocycles. The van der Waals surface area contributed by atoms with E-state index in [4.69, 9.17) is 11.6 Å². The summed E-state index contributed by atoms with van der Waals surface area (Å²) in [6.07, 6.45) is 3.28. The van der Waals surface area contributed by atoms with Gasteiger partial charge in [0.25, 0.3) is 0 Å². The van der Waals surface area contributed by atoms with E-state index in [0.717, 1.165) is 31.6 Å². The molecule has 0 aliphatic carbocycles. The lowest BCUT2D eigenvalue weighted by Crippen LogP contribution is -2.30. The van der Waals surface area contributed by atoms with Crippen LogP contribution < -0.4 is 0 Å². The molecule has 1 aromatic carbocycles. The summed E-state index contributed by atoms with van der Waals surface area (Å²) in [5.74, 6) is -0.183. The van der Waals surface area contributed by atoms with Gasteiger partial charge in [-0.25, -0.2) is 4.39 Å². The molecular weight excluding hydrogens is 297 g/mol. The molecule has 0 spiro atoms. The van der Waals surface area contributed by atoms with Crippen LogP contribution in [0, 0.1) is 5.82 Å². The smallest absolute Gasteiger partial charge is 0.138 e. The van der Waals surface area contributed by atoms with Crippen LogP contribution in [0.25, 0.3) is 0 Å². The zero-order chi connectivity index (χ0) is 13.9. The number of hydrogen-bond acceptors (Lipinski definition) is 4. The molecule has 1 fully saturated rings. The lowest BCUT2D eigenvalue weighted by Gasteiger charge is -2.23. The lowest BCUT2D eigenvalue weighted by atomic mass is 10.0. The Morgan fingerprint density at radius 1 is 1.35 bits per heavy atom. The zero-order valence-corrected chi connectivity index (χ0v) is 12.5. The first-order valence-corrected chi connectivity index (χ1v) is 7.83. The number of aromatic nitrogens is 2. The number of rotatable bonds is 4. The Hall–Kier alpha value is -1.04. The predicted molar refractivity (Wildman–Crippen MR) is 78.5 cm³/mol. The van der Waals surface area contributed by atoms with Gasteiger partial charge >= 0.3 is 0 Å². The average molecular weight is 312 g/mol. The molecule has 1 saturated heterocycles. The Bertz CT molecular complexity index is 572. The van der Waals surface area contributed by atoms with E-state index in [-0.39, 0.29) is 5.82 Å². The van der Waals surface area contributed by atoms with Crippen molar-refractivity contribution in [2.45, 2.75) is 31.8 Å². The fourth-order valence-electron chi connectivity index (χ4n) is 2.71. The Kier molecular flexibility index (Phi) is 4.29. The number of benzene rings is 1. The highest BCUT2D eigenvalue weighted by Crippen LogP contribution is 2.26. The van der Waals surface area contributed by atoms with Crippen LogP contribution in [0.5, 0.6) is 0 Å². The molecule has 3 nitrogen and oxygen atoms in total. The molecule has 1 unspecified atom stereocenters. The Morgan fingerprint density at radius 3 is 2.85 bits per heavy atom. The molecule has 0 amide bonds. The van der Waals surface area contributed by atoms with E-state index in [1.54, 1.807) is 0 Å². The van der Waals surface area contributed by atoms with Crippen molar-refractivity contribution < 1.29 is 4.39 Å². The van der Waals surface area contributed by atoms with Gasteiger partial charge in [-0.15, -0.1) is 5.10 Å². The number of halogens is 2. The predicted octanol–water partition coefficient (Wildman–Crippen LogP) is 3.54. The Labute approximate surface area is 126 Å². The van der Waals surface area contributed by atoms with Gasteiger partial charge in [0, 0.05) is 24.1 Å². The summed E-state index contributed by atoms with van der Waals surface area (Å²) in [5.41, 5.74) is 2.04. The molecule has 106 valence electrons. The molecule has 1 aliphatic heterocycles. The number of likely N-dealkylation sites (tertiary alicyclic amines) is 1. The summed E-state index contributed by atoms with van der Waals surface area (Å²) in [6, 6.07) is 7.25. The van der Waals surface area contributed by atoms with Gasteiger partial charge in [0.1, 0.15) is 15.8 Å². The first kappa shape index (κ1) is 13.9. The third-order valence-corrected chi connectivity index (χ3v) is 4.73. The van der Waals surface area contributed by atoms with E-state index >= 15 is 0 Å². The summed E-state index contributed by atoms with van der Waals surface area (Å²) >= 11 is 7.30.